The van der Waals surface area contributed by atoms with Gasteiger partial charge in [0, 0.05) is 25.6 Å². The summed E-state index contributed by atoms with van der Waals surface area (Å²) >= 11 is 0. The zero-order valence-corrected chi connectivity index (χ0v) is 12.6. The van der Waals surface area contributed by atoms with Crippen LogP contribution in [0.25, 0.3) is 11.1 Å². The van der Waals surface area contributed by atoms with Crippen LogP contribution in [0.4, 0.5) is 5.69 Å². The zero-order chi connectivity index (χ0) is 15.5. The number of amides is 2. The van der Waals surface area contributed by atoms with Crippen LogP contribution in [-0.4, -0.2) is 34.8 Å². The monoisotopic (exact) mass is 301 g/mol. The summed E-state index contributed by atoms with van der Waals surface area (Å²) in [5.74, 6) is 0.471. The fourth-order valence-electron chi connectivity index (χ4n) is 2.70. The predicted molar refractivity (Wildman–Crippen MR) is 82.4 cm³/mol. The number of oxazole rings is 1. The van der Waals surface area contributed by atoms with Gasteiger partial charge in [-0.1, -0.05) is 6.42 Å². The van der Waals surface area contributed by atoms with Crippen molar-refractivity contribution in [3.05, 3.63) is 24.1 Å². The molecule has 3 rings (SSSR count). The number of hydrogen-bond donors (Lipinski definition) is 1. The number of carbonyl (C=O) groups is 2. The van der Waals surface area contributed by atoms with E-state index in [2.05, 4.69) is 10.3 Å². The molecule has 0 saturated carbocycles. The van der Waals surface area contributed by atoms with E-state index < -0.39 is 0 Å². The molecule has 0 radical (unpaired) electrons. The maximum atomic E-state index is 12.1. The van der Waals surface area contributed by atoms with E-state index in [0.29, 0.717) is 35.6 Å². The number of aromatic nitrogens is 1. The molecule has 0 spiro atoms. The molecule has 1 saturated heterocycles. The van der Waals surface area contributed by atoms with Crippen molar-refractivity contribution >= 4 is 28.6 Å². The third-order valence-electron chi connectivity index (χ3n) is 3.78. The van der Waals surface area contributed by atoms with E-state index >= 15 is 0 Å². The van der Waals surface area contributed by atoms with Crippen LogP contribution in [-0.2, 0) is 9.59 Å². The molecule has 1 fully saturated rings. The molecule has 1 aromatic heterocycles. The van der Waals surface area contributed by atoms with Gasteiger partial charge in [0.05, 0.1) is 6.54 Å². The van der Waals surface area contributed by atoms with Crippen molar-refractivity contribution in [2.24, 2.45) is 0 Å². The van der Waals surface area contributed by atoms with Gasteiger partial charge in [0.15, 0.2) is 11.5 Å². The van der Waals surface area contributed by atoms with E-state index in [1.165, 1.54) is 0 Å². The summed E-state index contributed by atoms with van der Waals surface area (Å²) in [6.45, 7) is 2.55. The average molecular weight is 301 g/mol. The number of likely N-dealkylation sites (tertiary alicyclic amines) is 1. The van der Waals surface area contributed by atoms with E-state index in [1.807, 2.05) is 0 Å². The van der Waals surface area contributed by atoms with Crippen molar-refractivity contribution in [2.75, 3.05) is 18.4 Å². The van der Waals surface area contributed by atoms with Gasteiger partial charge in [0.1, 0.15) is 5.52 Å². The Labute approximate surface area is 128 Å². The van der Waals surface area contributed by atoms with Crippen molar-refractivity contribution in [3.8, 4) is 0 Å². The molecule has 1 aliphatic heterocycles. The fraction of sp³-hybridized carbons (Fsp3) is 0.438. The second-order valence-corrected chi connectivity index (χ2v) is 5.59. The summed E-state index contributed by atoms with van der Waals surface area (Å²) in [6.07, 6.45) is 3.46. The Hall–Kier alpha value is -2.37. The summed E-state index contributed by atoms with van der Waals surface area (Å²) in [5, 5.41) is 2.82. The largest absolute Gasteiger partial charge is 0.441 e. The number of rotatable bonds is 3. The number of hydrogen-bond acceptors (Lipinski definition) is 4. The molecule has 2 amide bonds. The first-order valence-electron chi connectivity index (χ1n) is 7.56. The Balaban J connectivity index is 1.65. The number of carbonyl (C=O) groups excluding carboxylic acids is 2. The SMILES string of the molecule is Cc1nc2cc(NC(=O)CN3CCCCCC3=O)ccc2o1. The standard InChI is InChI=1S/C16H19N3O3/c1-11-17-13-9-12(6-7-14(13)22-11)18-15(20)10-19-8-4-2-3-5-16(19)21/h6-7,9H,2-5,8,10H2,1H3,(H,18,20). The van der Waals surface area contributed by atoms with Crippen LogP contribution in [0.15, 0.2) is 22.6 Å². The molecule has 22 heavy (non-hydrogen) atoms. The molecule has 6 heteroatoms. The van der Waals surface area contributed by atoms with Crippen LogP contribution in [0.3, 0.4) is 0 Å². The molecular formula is C16H19N3O3. The van der Waals surface area contributed by atoms with Gasteiger partial charge in [-0.2, -0.15) is 0 Å². The van der Waals surface area contributed by atoms with Gasteiger partial charge in [0.25, 0.3) is 0 Å². The number of aryl methyl sites for hydroxylation is 1. The lowest BCUT2D eigenvalue weighted by atomic mass is 10.2. The van der Waals surface area contributed by atoms with Crippen molar-refractivity contribution < 1.29 is 14.0 Å². The van der Waals surface area contributed by atoms with E-state index in [9.17, 15) is 9.59 Å². The third-order valence-corrected chi connectivity index (χ3v) is 3.78. The first-order valence-corrected chi connectivity index (χ1v) is 7.56. The van der Waals surface area contributed by atoms with E-state index in [4.69, 9.17) is 4.42 Å². The van der Waals surface area contributed by atoms with Gasteiger partial charge < -0.3 is 14.6 Å². The highest BCUT2D eigenvalue weighted by atomic mass is 16.3. The average Bonchev–Trinajstić information content (AvgIpc) is 2.72. The lowest BCUT2D eigenvalue weighted by Gasteiger charge is -2.19. The number of fused-ring (bicyclic) bond motifs is 1. The second-order valence-electron chi connectivity index (χ2n) is 5.59. The molecule has 2 heterocycles. The van der Waals surface area contributed by atoms with Gasteiger partial charge in [0.2, 0.25) is 11.8 Å². The Bertz CT molecular complexity index is 708. The van der Waals surface area contributed by atoms with Gasteiger partial charge in [-0.05, 0) is 31.0 Å². The minimum absolute atomic E-state index is 0.0650. The lowest BCUT2D eigenvalue weighted by molar-refractivity contribution is -0.134. The highest BCUT2D eigenvalue weighted by molar-refractivity contribution is 5.95. The summed E-state index contributed by atoms with van der Waals surface area (Å²) < 4.78 is 5.40. The first kappa shape index (κ1) is 14.6. The van der Waals surface area contributed by atoms with Gasteiger partial charge in [-0.25, -0.2) is 4.98 Å². The quantitative estimate of drug-likeness (QED) is 0.945. The molecular weight excluding hydrogens is 282 g/mol. The number of nitrogens with one attached hydrogen (secondary N) is 1. The van der Waals surface area contributed by atoms with Crippen LogP contribution in [0.1, 0.15) is 31.6 Å². The summed E-state index contributed by atoms with van der Waals surface area (Å²) in [5.41, 5.74) is 2.06. The predicted octanol–water partition coefficient (Wildman–Crippen LogP) is 2.48. The molecule has 6 nitrogen and oxygen atoms in total. The van der Waals surface area contributed by atoms with Gasteiger partial charge >= 0.3 is 0 Å². The van der Waals surface area contributed by atoms with Crippen LogP contribution in [0.2, 0.25) is 0 Å². The maximum Gasteiger partial charge on any atom is 0.243 e. The van der Waals surface area contributed by atoms with E-state index in [1.54, 1.807) is 30.0 Å². The van der Waals surface area contributed by atoms with Crippen LogP contribution < -0.4 is 5.32 Å². The zero-order valence-electron chi connectivity index (χ0n) is 12.6. The molecule has 1 aliphatic rings. The first-order chi connectivity index (χ1) is 10.6. The Kier molecular flexibility index (Phi) is 4.09. The highest BCUT2D eigenvalue weighted by Crippen LogP contribution is 2.19. The van der Waals surface area contributed by atoms with Crippen molar-refractivity contribution in [3.63, 3.8) is 0 Å². The highest BCUT2D eigenvalue weighted by Gasteiger charge is 2.19. The molecule has 1 N–H and O–H groups in total. The Morgan fingerprint density at radius 1 is 1.36 bits per heavy atom. The van der Waals surface area contributed by atoms with Crippen LogP contribution in [0.5, 0.6) is 0 Å². The van der Waals surface area contributed by atoms with E-state index in [0.717, 1.165) is 19.3 Å². The van der Waals surface area contributed by atoms with Gasteiger partial charge in [-0.3, -0.25) is 9.59 Å². The molecule has 0 unspecified atom stereocenters. The lowest BCUT2D eigenvalue weighted by Crippen LogP contribution is -2.37. The van der Waals surface area contributed by atoms with Crippen LogP contribution in [0, 0.1) is 6.92 Å². The minimum Gasteiger partial charge on any atom is -0.441 e. The van der Waals surface area contributed by atoms with Crippen molar-refractivity contribution in [1.29, 1.82) is 0 Å². The molecule has 0 atom stereocenters. The number of benzene rings is 1. The van der Waals surface area contributed by atoms with E-state index in [-0.39, 0.29) is 18.4 Å². The second kappa shape index (κ2) is 6.17. The topological polar surface area (TPSA) is 75.4 Å². The molecule has 0 aliphatic carbocycles. The summed E-state index contributed by atoms with van der Waals surface area (Å²) in [6, 6.07) is 5.32. The van der Waals surface area contributed by atoms with Crippen molar-refractivity contribution in [2.45, 2.75) is 32.6 Å². The molecule has 0 bridgehead atoms. The minimum atomic E-state index is -0.185. The number of anilines is 1. The molecule has 2 aromatic rings. The van der Waals surface area contributed by atoms with Crippen molar-refractivity contribution in [1.82, 2.24) is 9.88 Å². The molecule has 1 aromatic carbocycles. The Morgan fingerprint density at radius 3 is 3.09 bits per heavy atom. The normalized spacial score (nSPS) is 15.9. The maximum absolute atomic E-state index is 12.1. The Morgan fingerprint density at radius 2 is 2.23 bits per heavy atom. The molecule has 116 valence electrons. The van der Waals surface area contributed by atoms with Crippen LogP contribution >= 0.6 is 0 Å². The van der Waals surface area contributed by atoms with Gasteiger partial charge in [-0.15, -0.1) is 0 Å². The smallest absolute Gasteiger partial charge is 0.243 e. The summed E-state index contributed by atoms with van der Waals surface area (Å²) in [4.78, 5) is 29.9. The number of nitrogens with zero attached hydrogens (tertiary/aromatic N) is 2. The third kappa shape index (κ3) is 3.27. The fourth-order valence-corrected chi connectivity index (χ4v) is 2.70. The summed E-state index contributed by atoms with van der Waals surface area (Å²) in [7, 11) is 0.